The molecule has 0 spiro atoms. The summed E-state index contributed by atoms with van der Waals surface area (Å²) in [6.45, 7) is 3.06. The molecule has 18 heavy (non-hydrogen) atoms. The highest BCUT2D eigenvalue weighted by Gasteiger charge is 2.20. The summed E-state index contributed by atoms with van der Waals surface area (Å²) in [5.74, 6) is 0.959. The van der Waals surface area contributed by atoms with Crippen molar-refractivity contribution in [1.82, 2.24) is 4.98 Å². The van der Waals surface area contributed by atoms with E-state index in [0.717, 1.165) is 29.2 Å². The third kappa shape index (κ3) is 2.26. The summed E-state index contributed by atoms with van der Waals surface area (Å²) >= 11 is 0. The van der Waals surface area contributed by atoms with Crippen molar-refractivity contribution in [1.29, 1.82) is 0 Å². The number of rotatable bonds is 4. The molecule has 0 unspecified atom stereocenters. The highest BCUT2D eigenvalue weighted by Crippen LogP contribution is 2.33. The lowest BCUT2D eigenvalue weighted by Crippen LogP contribution is -2.03. The Morgan fingerprint density at radius 3 is 2.94 bits per heavy atom. The third-order valence-corrected chi connectivity index (χ3v) is 3.64. The Morgan fingerprint density at radius 2 is 2.17 bits per heavy atom. The summed E-state index contributed by atoms with van der Waals surface area (Å²) in [5.41, 5.74) is 8.99. The fourth-order valence-electron chi connectivity index (χ4n) is 2.34. The first-order chi connectivity index (χ1) is 8.74. The molecule has 0 radical (unpaired) electrons. The van der Waals surface area contributed by atoms with Crippen molar-refractivity contribution in [3.8, 4) is 0 Å². The number of aryl methyl sites for hydroxylation is 1. The van der Waals surface area contributed by atoms with Gasteiger partial charge in [0.05, 0.1) is 0 Å². The van der Waals surface area contributed by atoms with Gasteiger partial charge in [-0.1, -0.05) is 12.8 Å². The standard InChI is InChI=1S/C15H19N3/c1-10-8-12-13(9-18-10)14(16)4-5-15(12)17-7-6-11-2-3-11/h4-5,8-9,11,17H,2-3,6-7,16H2,1H3. The Bertz CT molecular complexity index is 573. The van der Waals surface area contributed by atoms with E-state index in [4.69, 9.17) is 5.73 Å². The van der Waals surface area contributed by atoms with Crippen molar-refractivity contribution in [2.75, 3.05) is 17.6 Å². The molecule has 0 atom stereocenters. The van der Waals surface area contributed by atoms with Crippen LogP contribution in [0.25, 0.3) is 10.8 Å². The zero-order valence-corrected chi connectivity index (χ0v) is 10.7. The van der Waals surface area contributed by atoms with E-state index < -0.39 is 0 Å². The van der Waals surface area contributed by atoms with E-state index in [1.54, 1.807) is 0 Å². The molecule has 1 aromatic heterocycles. The van der Waals surface area contributed by atoms with Gasteiger partial charge in [-0.3, -0.25) is 4.98 Å². The van der Waals surface area contributed by atoms with Crippen molar-refractivity contribution >= 4 is 22.1 Å². The van der Waals surface area contributed by atoms with Gasteiger partial charge < -0.3 is 11.1 Å². The number of nitrogens with one attached hydrogen (secondary N) is 1. The SMILES string of the molecule is Cc1cc2c(NCCC3CC3)ccc(N)c2cn1. The number of nitrogens with two attached hydrogens (primary N) is 1. The van der Waals surface area contributed by atoms with Crippen LogP contribution in [0, 0.1) is 12.8 Å². The summed E-state index contributed by atoms with van der Waals surface area (Å²) in [6.07, 6.45) is 5.96. The van der Waals surface area contributed by atoms with Crippen molar-refractivity contribution in [2.45, 2.75) is 26.2 Å². The maximum absolute atomic E-state index is 5.99. The molecular formula is C15H19N3. The molecule has 3 rings (SSSR count). The highest BCUT2D eigenvalue weighted by molar-refractivity contribution is 6.00. The first kappa shape index (κ1) is 11.3. The van der Waals surface area contributed by atoms with Crippen LogP contribution in [-0.2, 0) is 0 Å². The van der Waals surface area contributed by atoms with Crippen LogP contribution in [0.4, 0.5) is 11.4 Å². The number of fused-ring (bicyclic) bond motifs is 1. The number of hydrogen-bond donors (Lipinski definition) is 2. The minimum absolute atomic E-state index is 0.797. The number of anilines is 2. The van der Waals surface area contributed by atoms with E-state index >= 15 is 0 Å². The lowest BCUT2D eigenvalue weighted by molar-refractivity contribution is 0.761. The quantitative estimate of drug-likeness (QED) is 0.807. The molecule has 0 amide bonds. The van der Waals surface area contributed by atoms with Gasteiger partial charge in [-0.15, -0.1) is 0 Å². The second-order valence-corrected chi connectivity index (χ2v) is 5.23. The lowest BCUT2D eigenvalue weighted by atomic mass is 10.1. The van der Waals surface area contributed by atoms with Crippen LogP contribution < -0.4 is 11.1 Å². The molecule has 0 saturated heterocycles. The molecule has 0 aliphatic heterocycles. The van der Waals surface area contributed by atoms with Gasteiger partial charge in [-0.2, -0.15) is 0 Å². The lowest BCUT2D eigenvalue weighted by Gasteiger charge is -2.11. The summed E-state index contributed by atoms with van der Waals surface area (Å²) in [5, 5.41) is 5.75. The number of pyridine rings is 1. The van der Waals surface area contributed by atoms with Crippen LogP contribution in [-0.4, -0.2) is 11.5 Å². The van der Waals surface area contributed by atoms with Gasteiger partial charge >= 0.3 is 0 Å². The van der Waals surface area contributed by atoms with E-state index in [2.05, 4.69) is 22.4 Å². The predicted octanol–water partition coefficient (Wildman–Crippen LogP) is 3.34. The van der Waals surface area contributed by atoms with Crippen LogP contribution in [0.5, 0.6) is 0 Å². The fraction of sp³-hybridized carbons (Fsp3) is 0.400. The molecule has 3 heteroatoms. The van der Waals surface area contributed by atoms with E-state index in [-0.39, 0.29) is 0 Å². The van der Waals surface area contributed by atoms with Gasteiger partial charge in [0.15, 0.2) is 0 Å². The monoisotopic (exact) mass is 241 g/mol. The molecule has 1 heterocycles. The molecular weight excluding hydrogens is 222 g/mol. The van der Waals surface area contributed by atoms with E-state index in [1.807, 2.05) is 19.2 Å². The molecule has 1 fully saturated rings. The zero-order chi connectivity index (χ0) is 12.5. The number of benzene rings is 1. The van der Waals surface area contributed by atoms with Crippen LogP contribution in [0.15, 0.2) is 24.4 Å². The first-order valence-corrected chi connectivity index (χ1v) is 6.63. The topological polar surface area (TPSA) is 50.9 Å². The Balaban J connectivity index is 1.89. The number of nitrogens with zero attached hydrogens (tertiary/aromatic N) is 1. The molecule has 1 aliphatic carbocycles. The van der Waals surface area contributed by atoms with Gasteiger partial charge in [-0.25, -0.2) is 0 Å². The van der Waals surface area contributed by atoms with E-state index in [1.165, 1.54) is 30.3 Å². The largest absolute Gasteiger partial charge is 0.398 e. The molecule has 3 N–H and O–H groups in total. The Kier molecular flexibility index (Phi) is 2.82. The molecule has 3 nitrogen and oxygen atoms in total. The maximum Gasteiger partial charge on any atom is 0.0422 e. The summed E-state index contributed by atoms with van der Waals surface area (Å²) in [6, 6.07) is 6.13. The minimum atomic E-state index is 0.797. The normalized spacial score (nSPS) is 14.9. The maximum atomic E-state index is 5.99. The fourth-order valence-corrected chi connectivity index (χ4v) is 2.34. The van der Waals surface area contributed by atoms with Crippen molar-refractivity contribution < 1.29 is 0 Å². The van der Waals surface area contributed by atoms with Gasteiger partial charge in [0.2, 0.25) is 0 Å². The Hall–Kier alpha value is -1.77. The van der Waals surface area contributed by atoms with Crippen LogP contribution in [0.3, 0.4) is 0 Å². The van der Waals surface area contributed by atoms with E-state index in [9.17, 15) is 0 Å². The average molecular weight is 241 g/mol. The van der Waals surface area contributed by atoms with Gasteiger partial charge in [0.1, 0.15) is 0 Å². The van der Waals surface area contributed by atoms with Crippen LogP contribution in [0.1, 0.15) is 25.0 Å². The van der Waals surface area contributed by atoms with Crippen molar-refractivity contribution in [3.63, 3.8) is 0 Å². The molecule has 0 bridgehead atoms. The van der Waals surface area contributed by atoms with Gasteiger partial charge in [-0.05, 0) is 37.5 Å². The number of nitrogen functional groups attached to an aromatic ring is 1. The molecule has 94 valence electrons. The molecule has 2 aromatic rings. The zero-order valence-electron chi connectivity index (χ0n) is 10.7. The molecule has 1 saturated carbocycles. The number of hydrogen-bond acceptors (Lipinski definition) is 3. The van der Waals surface area contributed by atoms with Gasteiger partial charge in [0, 0.05) is 40.6 Å². The first-order valence-electron chi connectivity index (χ1n) is 6.63. The molecule has 1 aliphatic rings. The van der Waals surface area contributed by atoms with Crippen molar-refractivity contribution in [3.05, 3.63) is 30.1 Å². The van der Waals surface area contributed by atoms with Crippen molar-refractivity contribution in [2.24, 2.45) is 5.92 Å². The second-order valence-electron chi connectivity index (χ2n) is 5.23. The van der Waals surface area contributed by atoms with E-state index in [0.29, 0.717) is 0 Å². The van der Waals surface area contributed by atoms with Crippen LogP contribution >= 0.6 is 0 Å². The molecule has 1 aromatic carbocycles. The number of aromatic nitrogens is 1. The smallest absolute Gasteiger partial charge is 0.0422 e. The third-order valence-electron chi connectivity index (χ3n) is 3.64. The Labute approximate surface area is 107 Å². The highest BCUT2D eigenvalue weighted by atomic mass is 14.9. The summed E-state index contributed by atoms with van der Waals surface area (Å²) in [4.78, 5) is 4.32. The summed E-state index contributed by atoms with van der Waals surface area (Å²) < 4.78 is 0. The van der Waals surface area contributed by atoms with Gasteiger partial charge in [0.25, 0.3) is 0 Å². The Morgan fingerprint density at radius 1 is 1.33 bits per heavy atom. The average Bonchev–Trinajstić information content (AvgIpc) is 3.16. The van der Waals surface area contributed by atoms with Crippen LogP contribution in [0.2, 0.25) is 0 Å². The summed E-state index contributed by atoms with van der Waals surface area (Å²) in [7, 11) is 0. The minimum Gasteiger partial charge on any atom is -0.398 e. The predicted molar refractivity (Wildman–Crippen MR) is 76.7 cm³/mol. The second kappa shape index (κ2) is 4.48.